The third-order valence-electron chi connectivity index (χ3n) is 5.84. The molecule has 1 aliphatic heterocycles. The van der Waals surface area contributed by atoms with E-state index in [2.05, 4.69) is 5.32 Å². The summed E-state index contributed by atoms with van der Waals surface area (Å²) in [7, 11) is 3.24. The molecule has 0 aliphatic carbocycles. The first-order chi connectivity index (χ1) is 16.1. The second-order valence-corrected chi connectivity index (χ2v) is 8.53. The van der Waals surface area contributed by atoms with Gasteiger partial charge in [0, 0.05) is 43.6 Å². The largest absolute Gasteiger partial charge is 0.494 e. The number of methoxy groups -OCH3 is 2. The number of ether oxygens (including phenoxy) is 3. The second-order valence-electron chi connectivity index (χ2n) is 8.53. The molecule has 0 saturated carbocycles. The Hall–Kier alpha value is -2.58. The molecular formula is C26H39NO7. The van der Waals surface area contributed by atoms with Gasteiger partial charge in [-0.3, -0.25) is 24.5 Å². The number of carbonyl (C=O) groups excluding carboxylic acids is 4. The van der Waals surface area contributed by atoms with Crippen molar-refractivity contribution in [2.75, 3.05) is 20.8 Å². The molecule has 190 valence electrons. The molecule has 2 amide bonds. The smallest absolute Gasteiger partial charge is 0.229 e. The predicted molar refractivity (Wildman–Crippen MR) is 129 cm³/mol. The van der Waals surface area contributed by atoms with E-state index < -0.39 is 0 Å². The molecule has 0 spiro atoms. The number of amides is 2. The molecule has 8 heteroatoms. The lowest BCUT2D eigenvalue weighted by molar-refractivity contribution is -0.135. The summed E-state index contributed by atoms with van der Waals surface area (Å²) in [6, 6.07) is 5.12. The lowest BCUT2D eigenvalue weighted by atomic mass is 9.92. The van der Waals surface area contributed by atoms with Crippen LogP contribution in [0.15, 0.2) is 18.2 Å². The molecule has 1 saturated heterocycles. The zero-order valence-electron chi connectivity index (χ0n) is 21.3. The molecule has 34 heavy (non-hydrogen) atoms. The van der Waals surface area contributed by atoms with E-state index in [0.29, 0.717) is 36.3 Å². The van der Waals surface area contributed by atoms with Crippen LogP contribution in [0.4, 0.5) is 0 Å². The highest BCUT2D eigenvalue weighted by molar-refractivity contribution is 6.09. The van der Waals surface area contributed by atoms with Crippen LogP contribution in [0.5, 0.6) is 5.75 Å². The van der Waals surface area contributed by atoms with Gasteiger partial charge in [0.15, 0.2) is 17.9 Å². The monoisotopic (exact) mass is 477 g/mol. The van der Waals surface area contributed by atoms with Crippen molar-refractivity contribution in [1.82, 2.24) is 5.32 Å². The fraction of sp³-hybridized carbons (Fsp3) is 0.615. The van der Waals surface area contributed by atoms with Crippen molar-refractivity contribution >= 4 is 23.4 Å². The SMILES string of the molecule is CC1CCC(=O)NC1=O.CCC(C)C(=O)c1cc(OCCCCC(OC)OC)ccc1C(C)=O. The first kappa shape index (κ1) is 29.5. The van der Waals surface area contributed by atoms with Gasteiger partial charge in [0.25, 0.3) is 0 Å². The molecule has 8 nitrogen and oxygen atoms in total. The molecule has 2 unspecified atom stereocenters. The minimum Gasteiger partial charge on any atom is -0.494 e. The number of ketones is 2. The maximum atomic E-state index is 12.5. The molecule has 0 bridgehead atoms. The van der Waals surface area contributed by atoms with Crippen LogP contribution in [0.1, 0.15) is 86.9 Å². The Morgan fingerprint density at radius 2 is 1.79 bits per heavy atom. The third kappa shape index (κ3) is 9.73. The van der Waals surface area contributed by atoms with Crippen molar-refractivity contribution in [3.63, 3.8) is 0 Å². The standard InChI is InChI=1S/C20H30O5.C6H9NO2/c1-6-14(2)20(22)18-13-16(10-11-17(18)15(3)21)25-12-8-7-9-19(23-4)24-5;1-4-2-3-5(8)7-6(4)9/h10-11,13-14,19H,6-9,12H2,1-5H3;4H,2-3H2,1H3,(H,7,8,9). The molecule has 1 heterocycles. The highest BCUT2D eigenvalue weighted by atomic mass is 16.7. The summed E-state index contributed by atoms with van der Waals surface area (Å²) in [4.78, 5) is 45.5. The summed E-state index contributed by atoms with van der Waals surface area (Å²) in [6.07, 6.45) is 4.31. The first-order valence-electron chi connectivity index (χ1n) is 11.9. The molecule has 2 atom stereocenters. The Morgan fingerprint density at radius 3 is 2.32 bits per heavy atom. The predicted octanol–water partition coefficient (Wildman–Crippen LogP) is 4.35. The molecule has 1 fully saturated rings. The molecule has 0 aromatic heterocycles. The molecule has 1 aliphatic rings. The van der Waals surface area contributed by atoms with E-state index in [1.54, 1.807) is 32.4 Å². The van der Waals surface area contributed by atoms with Crippen LogP contribution < -0.4 is 10.1 Å². The number of hydrogen-bond donors (Lipinski definition) is 1. The van der Waals surface area contributed by atoms with E-state index in [0.717, 1.165) is 25.7 Å². The van der Waals surface area contributed by atoms with Crippen molar-refractivity contribution in [2.45, 2.75) is 72.5 Å². The van der Waals surface area contributed by atoms with E-state index in [-0.39, 0.29) is 41.5 Å². The van der Waals surface area contributed by atoms with Crippen LogP contribution >= 0.6 is 0 Å². The molecule has 0 radical (unpaired) electrons. The summed E-state index contributed by atoms with van der Waals surface area (Å²) in [6.45, 7) is 7.68. The van der Waals surface area contributed by atoms with Crippen molar-refractivity contribution in [3.8, 4) is 5.75 Å². The minimum atomic E-state index is -0.186. The van der Waals surface area contributed by atoms with Crippen LogP contribution in [0.25, 0.3) is 0 Å². The fourth-order valence-corrected chi connectivity index (χ4v) is 3.31. The summed E-state index contributed by atoms with van der Waals surface area (Å²) in [5.74, 6) is 0.122. The van der Waals surface area contributed by atoms with Crippen LogP contribution in [0.3, 0.4) is 0 Å². The van der Waals surface area contributed by atoms with Crippen molar-refractivity contribution in [2.24, 2.45) is 11.8 Å². The number of Topliss-reactive ketones (excluding diaryl/α,β-unsaturated/α-hetero) is 2. The number of benzene rings is 1. The quantitative estimate of drug-likeness (QED) is 0.206. The van der Waals surface area contributed by atoms with Crippen LogP contribution in [0.2, 0.25) is 0 Å². The number of piperidine rings is 1. The Balaban J connectivity index is 0.000000533. The van der Waals surface area contributed by atoms with Gasteiger partial charge >= 0.3 is 0 Å². The summed E-state index contributed by atoms with van der Waals surface area (Å²) in [5, 5.41) is 2.25. The number of unbranched alkanes of at least 4 members (excludes halogenated alkanes) is 1. The zero-order chi connectivity index (χ0) is 25.7. The number of rotatable bonds is 12. The second kappa shape index (κ2) is 15.3. The number of hydrogen-bond acceptors (Lipinski definition) is 7. The molecular weight excluding hydrogens is 438 g/mol. The number of imide groups is 1. The van der Waals surface area contributed by atoms with E-state index in [9.17, 15) is 19.2 Å². The van der Waals surface area contributed by atoms with E-state index in [4.69, 9.17) is 14.2 Å². The molecule has 2 rings (SSSR count). The van der Waals surface area contributed by atoms with Gasteiger partial charge in [-0.15, -0.1) is 0 Å². The molecule has 1 aromatic carbocycles. The van der Waals surface area contributed by atoms with Gasteiger partial charge in [-0.2, -0.15) is 0 Å². The van der Waals surface area contributed by atoms with Crippen molar-refractivity contribution in [1.29, 1.82) is 0 Å². The topological polar surface area (TPSA) is 108 Å². The number of carbonyl (C=O) groups is 4. The maximum Gasteiger partial charge on any atom is 0.229 e. The Morgan fingerprint density at radius 1 is 1.12 bits per heavy atom. The lowest BCUT2D eigenvalue weighted by Crippen LogP contribution is -2.39. The first-order valence-corrected chi connectivity index (χ1v) is 11.9. The Bertz CT molecular complexity index is 832. The van der Waals surface area contributed by atoms with Gasteiger partial charge in [-0.25, -0.2) is 0 Å². The van der Waals surface area contributed by atoms with E-state index >= 15 is 0 Å². The summed E-state index contributed by atoms with van der Waals surface area (Å²) >= 11 is 0. The van der Waals surface area contributed by atoms with E-state index in [1.807, 2.05) is 20.8 Å². The van der Waals surface area contributed by atoms with Crippen LogP contribution in [-0.2, 0) is 19.1 Å². The Labute approximate surface area is 202 Å². The summed E-state index contributed by atoms with van der Waals surface area (Å²) in [5.41, 5.74) is 0.916. The lowest BCUT2D eigenvalue weighted by Gasteiger charge is -2.15. The summed E-state index contributed by atoms with van der Waals surface area (Å²) < 4.78 is 16.0. The van der Waals surface area contributed by atoms with E-state index in [1.165, 1.54) is 6.92 Å². The van der Waals surface area contributed by atoms with Crippen LogP contribution in [0, 0.1) is 11.8 Å². The van der Waals surface area contributed by atoms with Gasteiger partial charge in [0.1, 0.15) is 5.75 Å². The van der Waals surface area contributed by atoms with Gasteiger partial charge in [-0.1, -0.05) is 20.8 Å². The van der Waals surface area contributed by atoms with Gasteiger partial charge < -0.3 is 14.2 Å². The maximum absolute atomic E-state index is 12.5. The van der Waals surface area contributed by atoms with Gasteiger partial charge in [0.05, 0.1) is 6.61 Å². The van der Waals surface area contributed by atoms with Crippen molar-refractivity contribution < 1.29 is 33.4 Å². The zero-order valence-corrected chi connectivity index (χ0v) is 21.3. The molecule has 1 N–H and O–H groups in total. The average Bonchev–Trinajstić information content (AvgIpc) is 2.83. The molecule has 1 aromatic rings. The van der Waals surface area contributed by atoms with Gasteiger partial charge in [-0.05, 0) is 57.2 Å². The highest BCUT2D eigenvalue weighted by Gasteiger charge is 2.22. The van der Waals surface area contributed by atoms with Crippen molar-refractivity contribution in [3.05, 3.63) is 29.3 Å². The highest BCUT2D eigenvalue weighted by Crippen LogP contribution is 2.23. The Kier molecular flexibility index (Phi) is 13.3. The van der Waals surface area contributed by atoms with Gasteiger partial charge in [0.2, 0.25) is 11.8 Å². The minimum absolute atomic E-state index is 0.0128. The fourth-order valence-electron chi connectivity index (χ4n) is 3.31. The number of nitrogens with one attached hydrogen (secondary N) is 1. The van der Waals surface area contributed by atoms with Crippen LogP contribution in [-0.4, -0.2) is 50.5 Å². The average molecular weight is 478 g/mol. The third-order valence-corrected chi connectivity index (χ3v) is 5.84. The normalized spacial score (nSPS) is 16.4.